The summed E-state index contributed by atoms with van der Waals surface area (Å²) in [5.74, 6) is 0.722. The number of benzene rings is 5. The van der Waals surface area contributed by atoms with Gasteiger partial charge in [-0.05, 0) is 29.0 Å². The van der Waals surface area contributed by atoms with Gasteiger partial charge in [0, 0.05) is 47.9 Å². The molecule has 5 heteroatoms. The molecule has 37 heavy (non-hydrogen) atoms. The molecule has 9 aromatic rings. The van der Waals surface area contributed by atoms with Crippen molar-refractivity contribution in [3.05, 3.63) is 103 Å². The number of aromatic nitrogens is 3. The van der Waals surface area contributed by atoms with E-state index in [4.69, 9.17) is 9.97 Å². The molecule has 5 aromatic carbocycles. The second-order valence-electron chi connectivity index (χ2n) is 9.41. The standard InChI is InChI=1S/C32H17N3S2/c1-2-11-20-19(10-1)27-21-12-3-6-14-24(21)35(29(27)30-28(20)22-13-5-8-16-26(22)36-30)32-33-17-23-18-9-4-7-15-25(18)37-31(23)34-32/h1-17H. The molecule has 172 valence electrons. The molecule has 0 fully saturated rings. The van der Waals surface area contributed by atoms with Crippen molar-refractivity contribution >= 4 is 95.7 Å². The van der Waals surface area contributed by atoms with E-state index >= 15 is 0 Å². The van der Waals surface area contributed by atoms with Crippen LogP contribution in [0.3, 0.4) is 0 Å². The van der Waals surface area contributed by atoms with Gasteiger partial charge in [-0.2, -0.15) is 0 Å². The molecule has 0 unspecified atom stereocenters. The molecule has 9 rings (SSSR count). The first-order chi connectivity index (χ1) is 18.4. The van der Waals surface area contributed by atoms with Crippen LogP contribution in [0, 0.1) is 0 Å². The van der Waals surface area contributed by atoms with E-state index in [1.165, 1.54) is 57.3 Å². The minimum absolute atomic E-state index is 0.722. The number of fused-ring (bicyclic) bond motifs is 13. The number of hydrogen-bond acceptors (Lipinski definition) is 4. The molecule has 0 atom stereocenters. The van der Waals surface area contributed by atoms with Crippen molar-refractivity contribution in [2.45, 2.75) is 0 Å². The third kappa shape index (κ3) is 2.55. The van der Waals surface area contributed by atoms with Gasteiger partial charge < -0.3 is 0 Å². The molecule has 0 amide bonds. The van der Waals surface area contributed by atoms with E-state index in [1.807, 2.05) is 17.5 Å². The Hall–Kier alpha value is -4.32. The van der Waals surface area contributed by atoms with Crippen molar-refractivity contribution in [1.82, 2.24) is 14.5 Å². The van der Waals surface area contributed by atoms with Gasteiger partial charge >= 0.3 is 0 Å². The minimum atomic E-state index is 0.722. The van der Waals surface area contributed by atoms with E-state index in [0.29, 0.717) is 0 Å². The van der Waals surface area contributed by atoms with Crippen LogP contribution in [0.15, 0.2) is 103 Å². The van der Waals surface area contributed by atoms with Crippen molar-refractivity contribution in [3.8, 4) is 5.95 Å². The van der Waals surface area contributed by atoms with Gasteiger partial charge in [0.1, 0.15) is 4.83 Å². The Kier molecular flexibility index (Phi) is 3.82. The molecular weight excluding hydrogens is 491 g/mol. The predicted octanol–water partition coefficient (Wildman–Crippen LogP) is 9.46. The van der Waals surface area contributed by atoms with Crippen LogP contribution in [0.4, 0.5) is 0 Å². The van der Waals surface area contributed by atoms with E-state index in [-0.39, 0.29) is 0 Å². The Bertz CT molecular complexity index is 2370. The van der Waals surface area contributed by atoms with E-state index in [9.17, 15) is 0 Å². The predicted molar refractivity (Wildman–Crippen MR) is 160 cm³/mol. The molecule has 0 spiro atoms. The molecule has 3 nitrogen and oxygen atoms in total. The number of nitrogens with zero attached hydrogens (tertiary/aromatic N) is 3. The second-order valence-corrected chi connectivity index (χ2v) is 11.5. The molecule has 4 heterocycles. The molecule has 0 saturated heterocycles. The SMILES string of the molecule is c1ccc2c(c1)sc1nc(-n3c4ccccc4c4c5ccccc5c5c6ccccc6sc5c43)ncc12. The molecule has 0 aliphatic rings. The van der Waals surface area contributed by atoms with E-state index in [0.717, 1.165) is 21.7 Å². The molecule has 0 aliphatic heterocycles. The average Bonchev–Trinajstić information content (AvgIpc) is 3.62. The summed E-state index contributed by atoms with van der Waals surface area (Å²) in [4.78, 5) is 11.2. The smallest absolute Gasteiger partial charge is 0.236 e. The lowest BCUT2D eigenvalue weighted by atomic mass is 9.99. The van der Waals surface area contributed by atoms with Crippen LogP contribution < -0.4 is 0 Å². The zero-order valence-electron chi connectivity index (χ0n) is 19.5. The van der Waals surface area contributed by atoms with Gasteiger partial charge in [0.25, 0.3) is 0 Å². The molecule has 0 bridgehead atoms. The number of rotatable bonds is 1. The Balaban J connectivity index is 1.54. The quantitative estimate of drug-likeness (QED) is 0.221. The van der Waals surface area contributed by atoms with Crippen molar-refractivity contribution in [2.75, 3.05) is 0 Å². The highest BCUT2D eigenvalue weighted by Crippen LogP contribution is 2.47. The molecule has 0 saturated carbocycles. The summed E-state index contributed by atoms with van der Waals surface area (Å²) >= 11 is 3.60. The maximum absolute atomic E-state index is 5.17. The highest BCUT2D eigenvalue weighted by molar-refractivity contribution is 7.27. The summed E-state index contributed by atoms with van der Waals surface area (Å²) in [6.45, 7) is 0. The fraction of sp³-hybridized carbons (Fsp3) is 0. The summed E-state index contributed by atoms with van der Waals surface area (Å²) < 4.78 is 6.11. The third-order valence-electron chi connectivity index (χ3n) is 7.48. The summed E-state index contributed by atoms with van der Waals surface area (Å²) in [5.41, 5.74) is 2.32. The van der Waals surface area contributed by atoms with Crippen molar-refractivity contribution in [3.63, 3.8) is 0 Å². The summed E-state index contributed by atoms with van der Waals surface area (Å²) in [6.07, 6.45) is 2.00. The molecular formula is C32H17N3S2. The van der Waals surface area contributed by atoms with Crippen LogP contribution in [-0.2, 0) is 0 Å². The first-order valence-corrected chi connectivity index (χ1v) is 13.9. The number of para-hydroxylation sites is 1. The maximum atomic E-state index is 5.17. The first-order valence-electron chi connectivity index (χ1n) is 12.3. The lowest BCUT2D eigenvalue weighted by Crippen LogP contribution is -2.00. The van der Waals surface area contributed by atoms with Crippen LogP contribution in [0.25, 0.3) is 79.0 Å². The largest absolute Gasteiger partial charge is 0.276 e. The van der Waals surface area contributed by atoms with E-state index in [2.05, 4.69) is 102 Å². The summed E-state index contributed by atoms with van der Waals surface area (Å²) in [5, 5.41) is 10.0. The van der Waals surface area contributed by atoms with Gasteiger partial charge in [0.15, 0.2) is 0 Å². The third-order valence-corrected chi connectivity index (χ3v) is 9.73. The minimum Gasteiger partial charge on any atom is -0.276 e. The molecule has 4 aromatic heterocycles. The monoisotopic (exact) mass is 507 g/mol. The van der Waals surface area contributed by atoms with Crippen LogP contribution >= 0.6 is 22.7 Å². The lowest BCUT2D eigenvalue weighted by Gasteiger charge is -2.08. The first kappa shape index (κ1) is 19.8. The second kappa shape index (κ2) is 7.13. The van der Waals surface area contributed by atoms with Crippen LogP contribution in [0.1, 0.15) is 0 Å². The normalized spacial score (nSPS) is 12.3. The summed E-state index contributed by atoms with van der Waals surface area (Å²) in [6, 6.07) is 34.7. The van der Waals surface area contributed by atoms with Gasteiger partial charge in [-0.3, -0.25) is 4.57 Å². The molecule has 0 radical (unpaired) electrons. The molecule has 0 N–H and O–H groups in total. The summed E-state index contributed by atoms with van der Waals surface area (Å²) in [7, 11) is 0. The Labute approximate surface area is 218 Å². The fourth-order valence-electron chi connectivity index (χ4n) is 5.94. The van der Waals surface area contributed by atoms with E-state index in [1.54, 1.807) is 11.3 Å². The highest BCUT2D eigenvalue weighted by atomic mass is 32.1. The lowest BCUT2D eigenvalue weighted by molar-refractivity contribution is 1.02. The van der Waals surface area contributed by atoms with Crippen molar-refractivity contribution in [2.24, 2.45) is 0 Å². The van der Waals surface area contributed by atoms with Crippen LogP contribution in [-0.4, -0.2) is 14.5 Å². The Morgan fingerprint density at radius 3 is 1.97 bits per heavy atom. The highest BCUT2D eigenvalue weighted by Gasteiger charge is 2.22. The Morgan fingerprint density at radius 1 is 0.541 bits per heavy atom. The van der Waals surface area contributed by atoms with Crippen LogP contribution in [0.2, 0.25) is 0 Å². The molecule has 0 aliphatic carbocycles. The fourth-order valence-corrected chi connectivity index (χ4v) is 8.25. The van der Waals surface area contributed by atoms with Gasteiger partial charge in [-0.25, -0.2) is 9.97 Å². The van der Waals surface area contributed by atoms with Gasteiger partial charge in [-0.15, -0.1) is 22.7 Å². The van der Waals surface area contributed by atoms with Crippen LogP contribution in [0.5, 0.6) is 0 Å². The number of hydrogen-bond donors (Lipinski definition) is 0. The average molecular weight is 508 g/mol. The zero-order chi connectivity index (χ0) is 24.1. The van der Waals surface area contributed by atoms with Crippen molar-refractivity contribution in [1.29, 1.82) is 0 Å². The van der Waals surface area contributed by atoms with Gasteiger partial charge in [0.05, 0.1) is 15.7 Å². The van der Waals surface area contributed by atoms with Gasteiger partial charge in [0.2, 0.25) is 5.95 Å². The number of thiophene rings is 2. The van der Waals surface area contributed by atoms with Gasteiger partial charge in [-0.1, -0.05) is 78.9 Å². The van der Waals surface area contributed by atoms with Crippen molar-refractivity contribution < 1.29 is 0 Å². The van der Waals surface area contributed by atoms with E-state index < -0.39 is 0 Å². The zero-order valence-corrected chi connectivity index (χ0v) is 21.1. The Morgan fingerprint density at radius 2 is 1.16 bits per heavy atom. The maximum Gasteiger partial charge on any atom is 0.236 e. The topological polar surface area (TPSA) is 30.7 Å².